The van der Waals surface area contributed by atoms with Crippen LogP contribution in [0.15, 0.2) is 24.3 Å². The second kappa shape index (κ2) is 8.28. The summed E-state index contributed by atoms with van der Waals surface area (Å²) in [7, 11) is -0.611. The summed E-state index contributed by atoms with van der Waals surface area (Å²) in [5, 5.41) is 0. The van der Waals surface area contributed by atoms with Gasteiger partial charge in [-0.2, -0.15) is 12.7 Å². The maximum Gasteiger partial charge on any atom is 0.278 e. The molecule has 23 heavy (non-hydrogen) atoms. The van der Waals surface area contributed by atoms with Crippen LogP contribution in [0.25, 0.3) is 0 Å². The molecule has 0 saturated carbocycles. The highest BCUT2D eigenvalue weighted by Gasteiger charge is 2.15. The second-order valence-corrected chi connectivity index (χ2v) is 7.48. The Morgan fingerprint density at radius 2 is 1.78 bits per heavy atom. The first-order valence-corrected chi connectivity index (χ1v) is 8.79. The Hall–Kier alpha value is -1.64. The third-order valence-electron chi connectivity index (χ3n) is 3.00. The summed E-state index contributed by atoms with van der Waals surface area (Å²) >= 11 is 0. The summed E-state index contributed by atoms with van der Waals surface area (Å²) in [6.45, 7) is 5.69. The minimum Gasteiger partial charge on any atom is -0.491 e. The molecule has 1 aromatic rings. The topological polar surface area (TPSA) is 79.0 Å². The van der Waals surface area contributed by atoms with Crippen molar-refractivity contribution in [2.75, 3.05) is 32.1 Å². The number of amides is 1. The Labute approximate surface area is 138 Å². The van der Waals surface area contributed by atoms with Crippen molar-refractivity contribution in [1.82, 2.24) is 9.03 Å². The molecule has 0 atom stereocenters. The van der Waals surface area contributed by atoms with Crippen molar-refractivity contribution in [1.29, 1.82) is 0 Å². The Bertz CT molecular complexity index is 612. The van der Waals surface area contributed by atoms with Crippen molar-refractivity contribution < 1.29 is 17.9 Å². The van der Waals surface area contributed by atoms with Crippen molar-refractivity contribution in [3.05, 3.63) is 24.3 Å². The van der Waals surface area contributed by atoms with Crippen molar-refractivity contribution >= 4 is 21.8 Å². The Morgan fingerprint density at radius 3 is 2.22 bits per heavy atom. The van der Waals surface area contributed by atoms with Crippen LogP contribution >= 0.6 is 0 Å². The normalized spacial score (nSPS) is 11.8. The molecule has 0 aromatic heterocycles. The highest BCUT2D eigenvalue weighted by Crippen LogP contribution is 2.20. The van der Waals surface area contributed by atoms with E-state index in [9.17, 15) is 13.2 Å². The third-order valence-corrected chi connectivity index (χ3v) is 4.53. The van der Waals surface area contributed by atoms with E-state index in [2.05, 4.69) is 4.72 Å². The zero-order valence-corrected chi connectivity index (χ0v) is 15.1. The molecule has 130 valence electrons. The molecule has 1 rings (SSSR count). The number of carbonyl (C=O) groups excluding carboxylic acids is 1. The molecule has 8 heteroatoms. The lowest BCUT2D eigenvalue weighted by Crippen LogP contribution is -2.41. The SMILES string of the molecule is CC(=O)N(CCNS(=O)(=O)N(C)C)c1ccc(OC(C)C)cc1. The predicted molar refractivity (Wildman–Crippen MR) is 90.8 cm³/mol. The maximum absolute atomic E-state index is 11.8. The van der Waals surface area contributed by atoms with Gasteiger partial charge >= 0.3 is 0 Å². The fourth-order valence-corrected chi connectivity index (χ4v) is 2.47. The number of hydrogen-bond donors (Lipinski definition) is 1. The molecule has 0 aliphatic rings. The van der Waals surface area contributed by atoms with E-state index in [0.717, 1.165) is 10.1 Å². The Kier molecular flexibility index (Phi) is 6.99. The molecular weight excluding hydrogens is 318 g/mol. The molecule has 0 fully saturated rings. The first-order valence-electron chi connectivity index (χ1n) is 7.35. The summed E-state index contributed by atoms with van der Waals surface area (Å²) in [4.78, 5) is 13.3. The first kappa shape index (κ1) is 19.4. The fourth-order valence-electron chi connectivity index (χ4n) is 1.86. The van der Waals surface area contributed by atoms with Crippen molar-refractivity contribution in [3.63, 3.8) is 0 Å². The Balaban J connectivity index is 2.74. The summed E-state index contributed by atoms with van der Waals surface area (Å²) < 4.78 is 32.4. The van der Waals surface area contributed by atoms with Crippen LogP contribution in [0.4, 0.5) is 5.69 Å². The minimum absolute atomic E-state index is 0.0743. The largest absolute Gasteiger partial charge is 0.491 e. The summed E-state index contributed by atoms with van der Waals surface area (Å²) in [6.07, 6.45) is 0.0743. The van der Waals surface area contributed by atoms with Gasteiger partial charge in [-0.3, -0.25) is 4.79 Å². The van der Waals surface area contributed by atoms with Crippen LogP contribution in [0.3, 0.4) is 0 Å². The van der Waals surface area contributed by atoms with Gasteiger partial charge in [0.15, 0.2) is 0 Å². The van der Waals surface area contributed by atoms with E-state index in [-0.39, 0.29) is 25.1 Å². The predicted octanol–water partition coefficient (Wildman–Crippen LogP) is 1.22. The maximum atomic E-state index is 11.8. The summed E-state index contributed by atoms with van der Waals surface area (Å²) in [5.74, 6) is 0.562. The van der Waals surface area contributed by atoms with Crippen molar-refractivity contribution in [2.24, 2.45) is 0 Å². The molecule has 1 aromatic carbocycles. The van der Waals surface area contributed by atoms with E-state index >= 15 is 0 Å². The van der Waals surface area contributed by atoms with Crippen LogP contribution in [-0.4, -0.2) is 51.9 Å². The highest BCUT2D eigenvalue weighted by atomic mass is 32.2. The van der Waals surface area contributed by atoms with E-state index in [0.29, 0.717) is 5.69 Å². The number of benzene rings is 1. The van der Waals surface area contributed by atoms with Gasteiger partial charge in [-0.1, -0.05) is 0 Å². The van der Waals surface area contributed by atoms with Gasteiger partial charge in [0, 0.05) is 39.8 Å². The van der Waals surface area contributed by atoms with Gasteiger partial charge in [0.25, 0.3) is 10.2 Å². The summed E-state index contributed by atoms with van der Waals surface area (Å²) in [5.41, 5.74) is 0.692. The van der Waals surface area contributed by atoms with Gasteiger partial charge in [0.05, 0.1) is 6.10 Å². The molecule has 0 aliphatic heterocycles. The van der Waals surface area contributed by atoms with Crippen LogP contribution in [0.1, 0.15) is 20.8 Å². The monoisotopic (exact) mass is 343 g/mol. The van der Waals surface area contributed by atoms with E-state index in [1.54, 1.807) is 24.3 Å². The van der Waals surface area contributed by atoms with Gasteiger partial charge < -0.3 is 9.64 Å². The third kappa shape index (κ3) is 6.17. The first-order chi connectivity index (χ1) is 10.6. The highest BCUT2D eigenvalue weighted by molar-refractivity contribution is 7.87. The number of rotatable bonds is 8. The second-order valence-electron chi connectivity index (χ2n) is 5.51. The van der Waals surface area contributed by atoms with Crippen LogP contribution in [0, 0.1) is 0 Å². The lowest BCUT2D eigenvalue weighted by molar-refractivity contribution is -0.116. The van der Waals surface area contributed by atoms with E-state index in [1.165, 1.54) is 25.9 Å². The molecule has 1 N–H and O–H groups in total. The molecule has 7 nitrogen and oxygen atoms in total. The molecule has 0 saturated heterocycles. The van der Waals surface area contributed by atoms with Crippen molar-refractivity contribution in [2.45, 2.75) is 26.9 Å². The zero-order chi connectivity index (χ0) is 17.6. The van der Waals surface area contributed by atoms with Gasteiger partial charge in [-0.15, -0.1) is 0 Å². The van der Waals surface area contributed by atoms with Crippen molar-refractivity contribution in [3.8, 4) is 5.75 Å². The number of hydrogen-bond acceptors (Lipinski definition) is 4. The number of ether oxygens (including phenoxy) is 1. The van der Waals surface area contributed by atoms with Gasteiger partial charge in [-0.05, 0) is 38.1 Å². The smallest absolute Gasteiger partial charge is 0.278 e. The molecule has 0 aliphatic carbocycles. The zero-order valence-electron chi connectivity index (χ0n) is 14.2. The van der Waals surface area contributed by atoms with E-state index in [1.807, 2.05) is 13.8 Å². The Morgan fingerprint density at radius 1 is 1.22 bits per heavy atom. The number of nitrogens with one attached hydrogen (secondary N) is 1. The lowest BCUT2D eigenvalue weighted by atomic mass is 10.2. The van der Waals surface area contributed by atoms with E-state index in [4.69, 9.17) is 4.74 Å². The van der Waals surface area contributed by atoms with Crippen LogP contribution in [-0.2, 0) is 15.0 Å². The quantitative estimate of drug-likeness (QED) is 0.770. The minimum atomic E-state index is -3.50. The molecule has 0 unspecified atom stereocenters. The van der Waals surface area contributed by atoms with Crippen LogP contribution in [0.2, 0.25) is 0 Å². The molecule has 1 amide bonds. The molecule has 0 heterocycles. The molecular formula is C15H25N3O4S. The molecule has 0 bridgehead atoms. The van der Waals surface area contributed by atoms with Gasteiger partial charge in [0.2, 0.25) is 5.91 Å². The lowest BCUT2D eigenvalue weighted by Gasteiger charge is -2.22. The van der Waals surface area contributed by atoms with Crippen LogP contribution in [0.5, 0.6) is 5.75 Å². The van der Waals surface area contributed by atoms with Crippen LogP contribution < -0.4 is 14.4 Å². The standard InChI is InChI=1S/C15H25N3O4S/c1-12(2)22-15-8-6-14(7-9-15)18(13(3)19)11-10-16-23(20,21)17(4)5/h6-9,12,16H,10-11H2,1-5H3. The van der Waals surface area contributed by atoms with E-state index < -0.39 is 10.2 Å². The van der Waals surface area contributed by atoms with Gasteiger partial charge in [0.1, 0.15) is 5.75 Å². The van der Waals surface area contributed by atoms with Gasteiger partial charge in [-0.25, -0.2) is 4.72 Å². The summed E-state index contributed by atoms with van der Waals surface area (Å²) in [6, 6.07) is 7.13. The number of anilines is 1. The molecule has 0 spiro atoms. The molecule has 0 radical (unpaired) electrons. The number of nitrogens with zero attached hydrogens (tertiary/aromatic N) is 2. The average Bonchev–Trinajstić information content (AvgIpc) is 2.43. The average molecular weight is 343 g/mol. The fraction of sp³-hybridized carbons (Fsp3) is 0.533. The number of carbonyl (C=O) groups is 1.